The van der Waals surface area contributed by atoms with Crippen molar-refractivity contribution in [3.8, 4) is 17.0 Å². The number of benzene rings is 2. The van der Waals surface area contributed by atoms with Gasteiger partial charge in [0.2, 0.25) is 0 Å². The molecule has 0 aliphatic heterocycles. The van der Waals surface area contributed by atoms with Crippen LogP contribution in [0, 0.1) is 0 Å². The minimum absolute atomic E-state index is 0.00405. The van der Waals surface area contributed by atoms with E-state index in [1.165, 1.54) is 32.0 Å². The van der Waals surface area contributed by atoms with Crippen LogP contribution < -0.4 is 10.1 Å². The number of alkyl halides is 6. The number of pyridine rings is 1. The van der Waals surface area contributed by atoms with Gasteiger partial charge in [0, 0.05) is 23.3 Å². The zero-order valence-electron chi connectivity index (χ0n) is 19.7. The Labute approximate surface area is 217 Å². The van der Waals surface area contributed by atoms with E-state index in [0.717, 1.165) is 12.1 Å². The van der Waals surface area contributed by atoms with Crippen molar-refractivity contribution in [1.82, 2.24) is 10.3 Å². The molecule has 3 aromatic rings. The number of ether oxygens (including phenoxy) is 1. The molecule has 0 spiro atoms. The Hall–Kier alpha value is -3.80. The monoisotopic (exact) mass is 560 g/mol. The molecule has 0 radical (unpaired) electrons. The largest absolute Gasteiger partial charge is 0.478 e. The molecular formula is C25H19ClF6N2O4. The number of nitrogens with one attached hydrogen (secondary N) is 1. The van der Waals surface area contributed by atoms with Gasteiger partial charge in [-0.25, -0.2) is 4.79 Å². The van der Waals surface area contributed by atoms with Gasteiger partial charge < -0.3 is 15.2 Å². The first-order valence-corrected chi connectivity index (χ1v) is 11.1. The molecule has 0 aliphatic rings. The summed E-state index contributed by atoms with van der Waals surface area (Å²) in [6.07, 6.45) is -8.89. The maximum atomic E-state index is 13.8. The predicted molar refractivity (Wildman–Crippen MR) is 125 cm³/mol. The van der Waals surface area contributed by atoms with E-state index in [0.29, 0.717) is 30.0 Å². The lowest BCUT2D eigenvalue weighted by Crippen LogP contribution is -2.37. The van der Waals surface area contributed by atoms with Gasteiger partial charge in [-0.05, 0) is 49.7 Å². The number of rotatable bonds is 7. The first-order valence-electron chi connectivity index (χ1n) is 10.7. The molecule has 2 aromatic carbocycles. The van der Waals surface area contributed by atoms with Gasteiger partial charge in [-0.15, -0.1) is 0 Å². The molecule has 1 aromatic heterocycles. The van der Waals surface area contributed by atoms with Gasteiger partial charge in [-0.2, -0.15) is 26.3 Å². The number of carbonyl (C=O) groups excluding carboxylic acids is 1. The Kier molecular flexibility index (Phi) is 7.96. The highest BCUT2D eigenvalue weighted by Gasteiger charge is 2.36. The van der Waals surface area contributed by atoms with Crippen molar-refractivity contribution < 1.29 is 45.8 Å². The third kappa shape index (κ3) is 6.74. The number of amides is 1. The number of hydrogen-bond donors (Lipinski definition) is 2. The number of carbonyl (C=O) groups is 2. The molecule has 3 rings (SSSR count). The molecule has 6 nitrogen and oxygen atoms in total. The molecule has 13 heteroatoms. The predicted octanol–water partition coefficient (Wildman–Crippen LogP) is 6.61. The summed E-state index contributed by atoms with van der Waals surface area (Å²) < 4.78 is 84.9. The van der Waals surface area contributed by atoms with Crippen LogP contribution in [0.1, 0.15) is 40.9 Å². The summed E-state index contributed by atoms with van der Waals surface area (Å²) >= 11 is 6.16. The summed E-state index contributed by atoms with van der Waals surface area (Å²) in [6, 6.07) is 8.08. The Morgan fingerprint density at radius 3 is 2.13 bits per heavy atom. The number of aromatic nitrogens is 1. The van der Waals surface area contributed by atoms with Gasteiger partial charge in [0.05, 0.1) is 22.4 Å². The Balaban J connectivity index is 1.81. The van der Waals surface area contributed by atoms with E-state index in [1.807, 2.05) is 0 Å². The number of carboxylic acids is 1. The van der Waals surface area contributed by atoms with E-state index in [1.54, 1.807) is 0 Å². The highest BCUT2D eigenvalue weighted by atomic mass is 35.5. The Morgan fingerprint density at radius 2 is 1.61 bits per heavy atom. The minimum Gasteiger partial charge on any atom is -0.478 e. The first kappa shape index (κ1) is 28.8. The van der Waals surface area contributed by atoms with Crippen LogP contribution in [0.15, 0.2) is 54.7 Å². The van der Waals surface area contributed by atoms with Crippen LogP contribution >= 0.6 is 11.6 Å². The molecule has 0 fully saturated rings. The Morgan fingerprint density at radius 1 is 0.974 bits per heavy atom. The van der Waals surface area contributed by atoms with Crippen molar-refractivity contribution in [3.63, 3.8) is 0 Å². The molecule has 0 unspecified atom stereocenters. The van der Waals surface area contributed by atoms with Crippen molar-refractivity contribution in [2.45, 2.75) is 38.3 Å². The molecular weight excluding hydrogens is 542 g/mol. The molecule has 2 N–H and O–H groups in total. The van der Waals surface area contributed by atoms with Crippen LogP contribution in [0.25, 0.3) is 11.3 Å². The molecule has 202 valence electrons. The molecule has 0 aliphatic carbocycles. The average molecular weight is 561 g/mol. The van der Waals surface area contributed by atoms with Crippen molar-refractivity contribution >= 4 is 23.5 Å². The van der Waals surface area contributed by atoms with Crippen LogP contribution in [-0.2, 0) is 23.7 Å². The van der Waals surface area contributed by atoms with Gasteiger partial charge in [-0.3, -0.25) is 9.78 Å². The number of aliphatic carboxylic acids is 1. The number of nitrogens with zero attached hydrogens (tertiary/aromatic N) is 1. The smallest absolute Gasteiger partial charge is 0.417 e. The van der Waals surface area contributed by atoms with Crippen LogP contribution in [-0.4, -0.2) is 27.6 Å². The van der Waals surface area contributed by atoms with E-state index in [-0.39, 0.29) is 28.6 Å². The zero-order chi connectivity index (χ0) is 28.5. The second-order valence-electron chi connectivity index (χ2n) is 8.54. The summed E-state index contributed by atoms with van der Waals surface area (Å²) in [7, 11) is 0. The van der Waals surface area contributed by atoms with Gasteiger partial charge in [0.25, 0.3) is 5.91 Å². The lowest BCUT2D eigenvalue weighted by molar-refractivity contribution is -0.152. The molecule has 0 saturated heterocycles. The SMILES string of the molecule is CC(C)(Oc1ccc(CNC(=O)c2cnc(-c3ccc(C(F)(F)F)cc3)cc2C(F)(F)F)c(Cl)c1)C(=O)O. The summed E-state index contributed by atoms with van der Waals surface area (Å²) in [5.74, 6) is -2.21. The van der Waals surface area contributed by atoms with E-state index < -0.39 is 46.5 Å². The lowest BCUT2D eigenvalue weighted by atomic mass is 10.0. The fourth-order valence-electron chi connectivity index (χ4n) is 3.20. The van der Waals surface area contributed by atoms with E-state index >= 15 is 0 Å². The second kappa shape index (κ2) is 10.5. The maximum absolute atomic E-state index is 13.8. The van der Waals surface area contributed by atoms with Gasteiger partial charge in [0.15, 0.2) is 5.60 Å². The highest BCUT2D eigenvalue weighted by Crippen LogP contribution is 2.35. The summed E-state index contributed by atoms with van der Waals surface area (Å²) in [5.41, 5.74) is -4.62. The lowest BCUT2D eigenvalue weighted by Gasteiger charge is -2.22. The van der Waals surface area contributed by atoms with Crippen molar-refractivity contribution in [2.24, 2.45) is 0 Å². The van der Waals surface area contributed by atoms with Gasteiger partial charge in [-0.1, -0.05) is 29.8 Å². The standard InChI is InChI=1S/C25H19ClF6N2O4/c1-23(2,22(36)37)38-16-8-5-14(19(26)9-16)11-34-21(35)17-12-33-20(10-18(17)25(30,31)32)13-3-6-15(7-4-13)24(27,28)29/h3-10,12H,11H2,1-2H3,(H,34,35)(H,36,37). The van der Waals surface area contributed by atoms with E-state index in [2.05, 4.69) is 10.3 Å². The molecule has 1 heterocycles. The first-order chi connectivity index (χ1) is 17.5. The fourth-order valence-corrected chi connectivity index (χ4v) is 3.44. The third-order valence-electron chi connectivity index (χ3n) is 5.31. The molecule has 1 amide bonds. The molecule has 0 atom stereocenters. The van der Waals surface area contributed by atoms with Crippen LogP contribution in [0.4, 0.5) is 26.3 Å². The van der Waals surface area contributed by atoms with E-state index in [9.17, 15) is 35.9 Å². The molecule has 0 bridgehead atoms. The second-order valence-corrected chi connectivity index (χ2v) is 8.95. The van der Waals surface area contributed by atoms with Crippen LogP contribution in [0.3, 0.4) is 0 Å². The van der Waals surface area contributed by atoms with Crippen molar-refractivity contribution in [3.05, 3.63) is 82.0 Å². The highest BCUT2D eigenvalue weighted by molar-refractivity contribution is 6.31. The van der Waals surface area contributed by atoms with Gasteiger partial charge in [0.1, 0.15) is 5.75 Å². The minimum atomic E-state index is -4.97. The fraction of sp³-hybridized carbons (Fsp3) is 0.240. The maximum Gasteiger partial charge on any atom is 0.417 e. The van der Waals surface area contributed by atoms with E-state index in [4.69, 9.17) is 21.4 Å². The van der Waals surface area contributed by atoms with Crippen molar-refractivity contribution in [2.75, 3.05) is 0 Å². The average Bonchev–Trinajstić information content (AvgIpc) is 2.81. The van der Waals surface area contributed by atoms with Crippen LogP contribution in [0.5, 0.6) is 5.75 Å². The quantitative estimate of drug-likeness (QED) is 0.317. The third-order valence-corrected chi connectivity index (χ3v) is 5.67. The number of hydrogen-bond acceptors (Lipinski definition) is 4. The number of carboxylic acid groups (broad SMARTS) is 1. The molecule has 38 heavy (non-hydrogen) atoms. The topological polar surface area (TPSA) is 88.5 Å². The molecule has 0 saturated carbocycles. The Bertz CT molecular complexity index is 1360. The summed E-state index contributed by atoms with van der Waals surface area (Å²) in [5, 5.41) is 11.5. The zero-order valence-corrected chi connectivity index (χ0v) is 20.4. The van der Waals surface area contributed by atoms with Crippen LogP contribution in [0.2, 0.25) is 5.02 Å². The summed E-state index contributed by atoms with van der Waals surface area (Å²) in [6.45, 7) is 2.37. The van der Waals surface area contributed by atoms with Gasteiger partial charge >= 0.3 is 18.3 Å². The summed E-state index contributed by atoms with van der Waals surface area (Å²) in [4.78, 5) is 27.7. The van der Waals surface area contributed by atoms with Crippen molar-refractivity contribution in [1.29, 1.82) is 0 Å². The number of halogens is 7. The normalized spacial score (nSPS) is 12.2.